The zero-order chi connectivity index (χ0) is 26.5. The van der Waals surface area contributed by atoms with Gasteiger partial charge in [-0.3, -0.25) is 4.79 Å². The monoisotopic (exact) mass is 497 g/mol. The molecule has 0 aliphatic carbocycles. The van der Waals surface area contributed by atoms with Crippen LogP contribution in [0.25, 0.3) is 0 Å². The van der Waals surface area contributed by atoms with Gasteiger partial charge in [-0.05, 0) is 50.7 Å². The third-order valence-corrected chi connectivity index (χ3v) is 6.67. The number of likely N-dealkylation sites (N-methyl/N-ethyl adjacent to an activating group) is 1. The molecule has 4 atom stereocenters. The number of nitrogens with zero attached hydrogens (tertiary/aromatic N) is 2. The molecule has 0 aromatic heterocycles. The smallest absolute Gasteiger partial charge is 0.410 e. The Morgan fingerprint density at radius 2 is 1.47 bits per heavy atom. The molecule has 3 rings (SSSR count). The molecule has 2 amide bonds. The number of hydrogen-bond acceptors (Lipinski definition) is 6. The predicted octanol–water partition coefficient (Wildman–Crippen LogP) is 3.26. The number of carbonyl (C=O) groups is 2. The summed E-state index contributed by atoms with van der Waals surface area (Å²) in [6, 6.07) is 16.6. The first-order chi connectivity index (χ1) is 17.0. The van der Waals surface area contributed by atoms with Gasteiger partial charge in [0.15, 0.2) is 0 Å². The van der Waals surface area contributed by atoms with Gasteiger partial charge in [0.1, 0.15) is 17.7 Å². The van der Waals surface area contributed by atoms with Crippen LogP contribution in [0.5, 0.6) is 0 Å². The lowest BCUT2D eigenvalue weighted by Gasteiger charge is -2.38. The lowest BCUT2D eigenvalue weighted by Crippen LogP contribution is -2.54. The van der Waals surface area contributed by atoms with Crippen LogP contribution in [0.4, 0.5) is 4.79 Å². The van der Waals surface area contributed by atoms with E-state index < -0.39 is 35.8 Å². The summed E-state index contributed by atoms with van der Waals surface area (Å²) in [5.41, 5.74) is 7.16. The molecule has 8 nitrogen and oxygen atoms in total. The standard InChI is InChI=1S/C28H39N3O5/c1-28(2,3)36-27(35)31-17-15-21(16-18-31)24(32)22(29)26(34)30(4)23(19-11-7-5-8-12-19)25(33)20-13-9-6-10-14-20/h5-14,21-25,32-33H,15-18,29H2,1-4H3/t22-,23+,24+,25+/m1/s1. The van der Waals surface area contributed by atoms with Crippen molar-refractivity contribution in [2.24, 2.45) is 11.7 Å². The molecule has 196 valence electrons. The van der Waals surface area contributed by atoms with Crippen LogP contribution in [0.3, 0.4) is 0 Å². The van der Waals surface area contributed by atoms with Crippen LogP contribution in [0.1, 0.15) is 56.9 Å². The molecule has 8 heteroatoms. The summed E-state index contributed by atoms with van der Waals surface area (Å²) < 4.78 is 5.43. The Morgan fingerprint density at radius 3 is 1.97 bits per heavy atom. The first-order valence-electron chi connectivity index (χ1n) is 12.5. The lowest BCUT2D eigenvalue weighted by molar-refractivity contribution is -0.140. The molecular formula is C28H39N3O5. The van der Waals surface area contributed by atoms with Crippen molar-refractivity contribution in [3.63, 3.8) is 0 Å². The quantitative estimate of drug-likeness (QED) is 0.541. The number of aliphatic hydroxyl groups is 2. The minimum atomic E-state index is -1.16. The minimum Gasteiger partial charge on any atom is -0.444 e. The van der Waals surface area contributed by atoms with Crippen LogP contribution in [0, 0.1) is 5.92 Å². The third kappa shape index (κ3) is 6.84. The number of likely N-dealkylation sites (tertiary alicyclic amines) is 1. The second kappa shape index (κ2) is 11.9. The molecule has 0 bridgehead atoms. The van der Waals surface area contributed by atoms with E-state index in [-0.39, 0.29) is 12.0 Å². The van der Waals surface area contributed by atoms with Crippen molar-refractivity contribution in [3.8, 4) is 0 Å². The van der Waals surface area contributed by atoms with Gasteiger partial charge in [0.05, 0.1) is 12.1 Å². The highest BCUT2D eigenvalue weighted by atomic mass is 16.6. The van der Waals surface area contributed by atoms with Crippen molar-refractivity contribution < 1.29 is 24.5 Å². The number of ether oxygens (including phenoxy) is 1. The van der Waals surface area contributed by atoms with Gasteiger partial charge in [-0.1, -0.05) is 60.7 Å². The van der Waals surface area contributed by atoms with E-state index in [1.54, 1.807) is 11.9 Å². The Morgan fingerprint density at radius 1 is 0.972 bits per heavy atom. The van der Waals surface area contributed by atoms with Gasteiger partial charge < -0.3 is 30.5 Å². The van der Waals surface area contributed by atoms with Crippen molar-refractivity contribution in [2.75, 3.05) is 20.1 Å². The molecule has 4 N–H and O–H groups in total. The molecule has 36 heavy (non-hydrogen) atoms. The van der Waals surface area contributed by atoms with E-state index >= 15 is 0 Å². The van der Waals surface area contributed by atoms with Crippen molar-refractivity contribution in [1.29, 1.82) is 0 Å². The summed E-state index contributed by atoms with van der Waals surface area (Å²) in [5, 5.41) is 22.2. The Labute approximate surface area is 213 Å². The van der Waals surface area contributed by atoms with E-state index in [4.69, 9.17) is 10.5 Å². The van der Waals surface area contributed by atoms with Crippen molar-refractivity contribution in [3.05, 3.63) is 71.8 Å². The molecule has 1 fully saturated rings. The number of aliphatic hydroxyl groups excluding tert-OH is 2. The molecule has 0 spiro atoms. The Kier molecular flexibility index (Phi) is 9.11. The van der Waals surface area contributed by atoms with Crippen LogP contribution >= 0.6 is 0 Å². The molecule has 0 unspecified atom stereocenters. The van der Waals surface area contributed by atoms with E-state index in [1.165, 1.54) is 4.90 Å². The summed E-state index contributed by atoms with van der Waals surface area (Å²) in [4.78, 5) is 28.8. The number of hydrogen-bond donors (Lipinski definition) is 3. The maximum absolute atomic E-state index is 13.5. The minimum absolute atomic E-state index is 0.231. The molecule has 1 saturated heterocycles. The average Bonchev–Trinajstić information content (AvgIpc) is 2.87. The topological polar surface area (TPSA) is 116 Å². The second-order valence-corrected chi connectivity index (χ2v) is 10.5. The van der Waals surface area contributed by atoms with Crippen LogP contribution in [-0.4, -0.2) is 69.9 Å². The van der Waals surface area contributed by atoms with Gasteiger partial charge in [0.25, 0.3) is 0 Å². The number of piperidine rings is 1. The third-order valence-electron chi connectivity index (χ3n) is 6.67. The molecule has 0 radical (unpaired) electrons. The Balaban J connectivity index is 1.69. The fraction of sp³-hybridized carbons (Fsp3) is 0.500. The Hall–Kier alpha value is -2.94. The fourth-order valence-electron chi connectivity index (χ4n) is 4.66. The van der Waals surface area contributed by atoms with Crippen molar-refractivity contribution >= 4 is 12.0 Å². The number of amides is 2. The largest absolute Gasteiger partial charge is 0.444 e. The first kappa shape index (κ1) is 27.6. The maximum Gasteiger partial charge on any atom is 0.410 e. The SMILES string of the molecule is CN(C(=O)[C@H](N)[C@@H](O)C1CCN(C(=O)OC(C)(C)C)CC1)[C@@H](c1ccccc1)[C@@H](O)c1ccccc1. The second-order valence-electron chi connectivity index (χ2n) is 10.5. The molecule has 1 aliphatic heterocycles. The summed E-state index contributed by atoms with van der Waals surface area (Å²) in [5.74, 6) is -0.689. The van der Waals surface area contributed by atoms with Crippen molar-refractivity contribution in [1.82, 2.24) is 9.80 Å². The molecule has 1 aliphatic rings. The lowest BCUT2D eigenvalue weighted by atomic mass is 9.86. The molecule has 2 aromatic carbocycles. The highest BCUT2D eigenvalue weighted by Crippen LogP contribution is 2.34. The molecule has 1 heterocycles. The molecule has 2 aromatic rings. The van der Waals surface area contributed by atoms with Crippen LogP contribution in [0.15, 0.2) is 60.7 Å². The van der Waals surface area contributed by atoms with E-state index in [0.717, 1.165) is 5.56 Å². The average molecular weight is 498 g/mol. The zero-order valence-electron chi connectivity index (χ0n) is 21.6. The summed E-state index contributed by atoms with van der Waals surface area (Å²) in [6.07, 6.45) is -1.41. The highest BCUT2D eigenvalue weighted by Gasteiger charge is 2.38. The highest BCUT2D eigenvalue weighted by molar-refractivity contribution is 5.82. The number of rotatable bonds is 7. The van der Waals surface area contributed by atoms with Gasteiger partial charge >= 0.3 is 6.09 Å². The predicted molar refractivity (Wildman–Crippen MR) is 138 cm³/mol. The van der Waals surface area contributed by atoms with Crippen LogP contribution < -0.4 is 5.73 Å². The number of carbonyl (C=O) groups excluding carboxylic acids is 2. The molecule has 0 saturated carbocycles. The van der Waals surface area contributed by atoms with Crippen LogP contribution in [-0.2, 0) is 9.53 Å². The normalized spacial score (nSPS) is 18.1. The van der Waals surface area contributed by atoms with Gasteiger partial charge in [-0.2, -0.15) is 0 Å². The van der Waals surface area contributed by atoms with Crippen molar-refractivity contribution in [2.45, 2.75) is 63.5 Å². The Bertz CT molecular complexity index is 987. The number of benzene rings is 2. The van der Waals surface area contributed by atoms with E-state index in [1.807, 2.05) is 81.4 Å². The van der Waals surface area contributed by atoms with Gasteiger partial charge in [-0.25, -0.2) is 4.79 Å². The van der Waals surface area contributed by atoms with Gasteiger partial charge in [0.2, 0.25) is 5.91 Å². The van der Waals surface area contributed by atoms with E-state index in [9.17, 15) is 19.8 Å². The fourth-order valence-corrected chi connectivity index (χ4v) is 4.66. The maximum atomic E-state index is 13.5. The van der Waals surface area contributed by atoms with E-state index in [0.29, 0.717) is 31.5 Å². The summed E-state index contributed by atoms with van der Waals surface area (Å²) in [7, 11) is 1.60. The van der Waals surface area contributed by atoms with Crippen LogP contribution in [0.2, 0.25) is 0 Å². The van der Waals surface area contributed by atoms with Gasteiger partial charge in [-0.15, -0.1) is 0 Å². The summed E-state index contributed by atoms with van der Waals surface area (Å²) in [6.45, 7) is 6.30. The summed E-state index contributed by atoms with van der Waals surface area (Å²) >= 11 is 0. The first-order valence-corrected chi connectivity index (χ1v) is 12.5. The zero-order valence-corrected chi connectivity index (χ0v) is 21.6. The number of nitrogens with two attached hydrogens (primary N) is 1. The molecular weight excluding hydrogens is 458 g/mol. The van der Waals surface area contributed by atoms with Gasteiger partial charge in [0, 0.05) is 20.1 Å². The van der Waals surface area contributed by atoms with E-state index in [2.05, 4.69) is 0 Å².